The van der Waals surface area contributed by atoms with Gasteiger partial charge in [0.15, 0.2) is 0 Å². The second kappa shape index (κ2) is 7.64. The highest BCUT2D eigenvalue weighted by Gasteiger charge is 2.50. The number of pyridine rings is 1. The first kappa shape index (κ1) is 17.3. The molecule has 0 aromatic carbocycles. The van der Waals surface area contributed by atoms with E-state index < -0.39 is 0 Å². The molecule has 3 fully saturated rings. The topological polar surface area (TPSA) is 51.7 Å². The van der Waals surface area contributed by atoms with Gasteiger partial charge >= 0.3 is 0 Å². The van der Waals surface area contributed by atoms with Crippen LogP contribution in [0, 0.1) is 0 Å². The van der Waals surface area contributed by atoms with E-state index in [1.807, 2.05) is 34.9 Å². The van der Waals surface area contributed by atoms with Crippen molar-refractivity contribution in [1.29, 1.82) is 0 Å². The Balaban J connectivity index is 1.17. The number of likely N-dealkylation sites (tertiary alicyclic amines) is 1. The normalized spacial score (nSPS) is 25.4. The molecule has 0 N–H and O–H groups in total. The number of hydrogen-bond acceptors (Lipinski definition) is 5. The molecule has 3 aliphatic rings. The van der Waals surface area contributed by atoms with E-state index in [4.69, 9.17) is 9.47 Å². The maximum absolute atomic E-state index is 12.3. The Hall–Kier alpha value is -1.11. The van der Waals surface area contributed by atoms with E-state index in [0.29, 0.717) is 12.7 Å². The minimum atomic E-state index is 0.149. The largest absolute Gasteiger partial charge is 0.371 e. The van der Waals surface area contributed by atoms with Crippen LogP contribution in [0.2, 0.25) is 0 Å². The molecule has 1 amide bonds. The molecule has 25 heavy (non-hydrogen) atoms. The number of thioether (sulfide) groups is 1. The summed E-state index contributed by atoms with van der Waals surface area (Å²) in [6.45, 7) is 2.51. The lowest BCUT2D eigenvalue weighted by molar-refractivity contribution is -0.143. The summed E-state index contributed by atoms with van der Waals surface area (Å²) in [5.74, 6) is 1.16. The number of nitrogens with zero attached hydrogens (tertiary/aromatic N) is 2. The quantitative estimate of drug-likeness (QED) is 0.779. The molecule has 0 radical (unpaired) electrons. The molecule has 1 unspecified atom stereocenters. The first-order chi connectivity index (χ1) is 12.2. The summed E-state index contributed by atoms with van der Waals surface area (Å²) in [6.07, 6.45) is 8.10. The van der Waals surface area contributed by atoms with Crippen molar-refractivity contribution in [3.8, 4) is 0 Å². The standard InChI is InChI=1S/C19H26N2O3S/c22-18(11-24-16-6-1-2-7-16)21-13-19(14-21)9-17(12-25-19)23-10-15-5-3-4-8-20-15/h3-5,8,16-17H,1-2,6-7,9-14H2. The molecule has 3 heterocycles. The molecule has 1 atom stereocenters. The van der Waals surface area contributed by atoms with Crippen LogP contribution in [0.3, 0.4) is 0 Å². The Morgan fingerprint density at radius 3 is 2.84 bits per heavy atom. The summed E-state index contributed by atoms with van der Waals surface area (Å²) in [5, 5.41) is 0. The van der Waals surface area contributed by atoms with Gasteiger partial charge in [0.2, 0.25) is 5.91 Å². The van der Waals surface area contributed by atoms with E-state index in [2.05, 4.69) is 4.98 Å². The molecule has 2 aliphatic heterocycles. The average molecular weight is 362 g/mol. The van der Waals surface area contributed by atoms with Gasteiger partial charge in [-0.05, 0) is 31.4 Å². The molecule has 1 aliphatic carbocycles. The van der Waals surface area contributed by atoms with Crippen LogP contribution >= 0.6 is 11.8 Å². The zero-order valence-corrected chi connectivity index (χ0v) is 15.4. The van der Waals surface area contributed by atoms with Gasteiger partial charge in [0.1, 0.15) is 6.61 Å². The van der Waals surface area contributed by atoms with Gasteiger partial charge < -0.3 is 14.4 Å². The number of carbonyl (C=O) groups is 1. The highest BCUT2D eigenvalue weighted by atomic mass is 32.2. The van der Waals surface area contributed by atoms with E-state index in [-0.39, 0.29) is 23.4 Å². The van der Waals surface area contributed by atoms with E-state index in [9.17, 15) is 4.79 Å². The fourth-order valence-electron chi connectivity index (χ4n) is 3.98. The molecule has 136 valence electrons. The van der Waals surface area contributed by atoms with Crippen LogP contribution in [0.4, 0.5) is 0 Å². The van der Waals surface area contributed by atoms with Gasteiger partial charge in [-0.15, -0.1) is 11.8 Å². The minimum absolute atomic E-state index is 0.149. The number of amides is 1. The van der Waals surface area contributed by atoms with E-state index >= 15 is 0 Å². The SMILES string of the molecule is O=C(COC1CCCC1)N1CC2(CC(OCc3ccccn3)CS2)C1. The number of aromatic nitrogens is 1. The Bertz CT molecular complexity index is 586. The predicted octanol–water partition coefficient (Wildman–Crippen LogP) is 2.64. The highest BCUT2D eigenvalue weighted by Crippen LogP contribution is 2.46. The van der Waals surface area contributed by atoms with Gasteiger partial charge in [0.05, 0.1) is 29.3 Å². The molecule has 1 aromatic heterocycles. The number of rotatable bonds is 6. The first-order valence-corrected chi connectivity index (χ1v) is 10.3. The van der Waals surface area contributed by atoms with Crippen LogP contribution in [-0.4, -0.2) is 58.2 Å². The lowest BCUT2D eigenvalue weighted by Crippen LogP contribution is -2.61. The van der Waals surface area contributed by atoms with Crippen LogP contribution in [0.15, 0.2) is 24.4 Å². The van der Waals surface area contributed by atoms with Gasteiger partial charge in [-0.2, -0.15) is 0 Å². The summed E-state index contributed by atoms with van der Waals surface area (Å²) in [4.78, 5) is 18.5. The third-order valence-electron chi connectivity index (χ3n) is 5.42. The third-order valence-corrected chi connectivity index (χ3v) is 7.00. The predicted molar refractivity (Wildman–Crippen MR) is 97.4 cm³/mol. The molecular weight excluding hydrogens is 336 g/mol. The van der Waals surface area contributed by atoms with Crippen LogP contribution in [0.5, 0.6) is 0 Å². The number of carbonyl (C=O) groups excluding carboxylic acids is 1. The molecule has 0 bridgehead atoms. The molecule has 1 aromatic rings. The molecule has 5 nitrogen and oxygen atoms in total. The number of ether oxygens (including phenoxy) is 2. The van der Waals surface area contributed by atoms with Crippen molar-refractivity contribution in [3.05, 3.63) is 30.1 Å². The zero-order chi connectivity index (χ0) is 17.1. The van der Waals surface area contributed by atoms with Crippen molar-refractivity contribution >= 4 is 17.7 Å². The molecule has 2 saturated heterocycles. The van der Waals surface area contributed by atoms with Gasteiger partial charge in [-0.3, -0.25) is 9.78 Å². The second-order valence-electron chi connectivity index (χ2n) is 7.42. The third kappa shape index (κ3) is 4.18. The fourth-order valence-corrected chi connectivity index (χ4v) is 5.53. The highest BCUT2D eigenvalue weighted by molar-refractivity contribution is 8.01. The van der Waals surface area contributed by atoms with Crippen molar-refractivity contribution in [2.45, 2.75) is 55.7 Å². The van der Waals surface area contributed by atoms with Crippen LogP contribution in [0.1, 0.15) is 37.8 Å². The van der Waals surface area contributed by atoms with Crippen molar-refractivity contribution in [2.75, 3.05) is 25.4 Å². The van der Waals surface area contributed by atoms with Crippen LogP contribution in [-0.2, 0) is 20.9 Å². The fraction of sp³-hybridized carbons (Fsp3) is 0.684. The van der Waals surface area contributed by atoms with Crippen LogP contribution in [0.25, 0.3) is 0 Å². The van der Waals surface area contributed by atoms with Crippen LogP contribution < -0.4 is 0 Å². The molecule has 1 spiro atoms. The van der Waals surface area contributed by atoms with E-state index in [0.717, 1.165) is 43.8 Å². The average Bonchev–Trinajstić information content (AvgIpc) is 3.27. The van der Waals surface area contributed by atoms with Crippen molar-refractivity contribution in [3.63, 3.8) is 0 Å². The molecular formula is C19H26N2O3S. The van der Waals surface area contributed by atoms with Crippen molar-refractivity contribution < 1.29 is 14.3 Å². The monoisotopic (exact) mass is 362 g/mol. The minimum Gasteiger partial charge on any atom is -0.371 e. The Morgan fingerprint density at radius 1 is 1.24 bits per heavy atom. The maximum atomic E-state index is 12.3. The lowest BCUT2D eigenvalue weighted by atomic mass is 9.93. The Labute approximate surface area is 153 Å². The van der Waals surface area contributed by atoms with Gasteiger partial charge in [-0.25, -0.2) is 0 Å². The Morgan fingerprint density at radius 2 is 2.08 bits per heavy atom. The van der Waals surface area contributed by atoms with E-state index in [1.165, 1.54) is 12.8 Å². The summed E-state index contributed by atoms with van der Waals surface area (Å²) >= 11 is 1.96. The maximum Gasteiger partial charge on any atom is 0.248 e. The molecule has 4 rings (SSSR count). The summed E-state index contributed by atoms with van der Waals surface area (Å²) in [7, 11) is 0. The zero-order valence-electron chi connectivity index (χ0n) is 14.6. The number of hydrogen-bond donors (Lipinski definition) is 0. The van der Waals surface area contributed by atoms with Gasteiger partial charge in [0.25, 0.3) is 0 Å². The molecule has 6 heteroatoms. The smallest absolute Gasteiger partial charge is 0.248 e. The lowest BCUT2D eigenvalue weighted by Gasteiger charge is -2.47. The van der Waals surface area contributed by atoms with Crippen molar-refractivity contribution in [2.24, 2.45) is 0 Å². The first-order valence-electron chi connectivity index (χ1n) is 9.27. The van der Waals surface area contributed by atoms with E-state index in [1.54, 1.807) is 6.20 Å². The van der Waals surface area contributed by atoms with Gasteiger partial charge in [-0.1, -0.05) is 18.9 Å². The van der Waals surface area contributed by atoms with Crippen molar-refractivity contribution in [1.82, 2.24) is 9.88 Å². The Kier molecular flexibility index (Phi) is 5.29. The van der Waals surface area contributed by atoms with Gasteiger partial charge in [0, 0.05) is 25.0 Å². The summed E-state index contributed by atoms with van der Waals surface area (Å²) in [6, 6.07) is 5.89. The second-order valence-corrected chi connectivity index (χ2v) is 8.91. The summed E-state index contributed by atoms with van der Waals surface area (Å²) < 4.78 is 12.0. The molecule has 1 saturated carbocycles. The summed E-state index contributed by atoms with van der Waals surface area (Å²) in [5.41, 5.74) is 0.975.